The largest absolute Gasteiger partial charge is 0.369 e. The van der Waals surface area contributed by atoms with Crippen LogP contribution in [0.25, 0.3) is 0 Å². The minimum Gasteiger partial charge on any atom is -0.369 e. The molecule has 1 aromatic rings. The summed E-state index contributed by atoms with van der Waals surface area (Å²) in [5.74, 6) is 0.296. The molecule has 3 heterocycles. The zero-order valence-corrected chi connectivity index (χ0v) is 14.4. The number of amides is 1. The first kappa shape index (κ1) is 17.0. The third kappa shape index (κ3) is 3.95. The van der Waals surface area contributed by atoms with Gasteiger partial charge in [0.25, 0.3) is 5.56 Å². The number of piperidine rings is 1. The Morgan fingerprint density at radius 2 is 2.08 bits per heavy atom. The zero-order valence-electron chi connectivity index (χ0n) is 14.4. The molecule has 3 rings (SSSR count). The predicted molar refractivity (Wildman–Crippen MR) is 93.1 cm³/mol. The maximum atomic E-state index is 12.9. The normalized spacial score (nSPS) is 22.6. The number of carbonyl (C=O) groups is 1. The van der Waals surface area contributed by atoms with Crippen LogP contribution in [0.4, 0.5) is 5.69 Å². The average molecular weight is 333 g/mol. The second-order valence-electron chi connectivity index (χ2n) is 6.76. The smallest absolute Gasteiger partial charge is 0.266 e. The molecule has 0 unspecified atom stereocenters. The van der Waals surface area contributed by atoms with Gasteiger partial charge >= 0.3 is 0 Å². The minimum absolute atomic E-state index is 0.0239. The summed E-state index contributed by atoms with van der Waals surface area (Å²) in [5, 5.41) is 6.26. The molecule has 24 heavy (non-hydrogen) atoms. The maximum Gasteiger partial charge on any atom is 0.266 e. The SMILES string of the molecule is CCCN1CCN(C(=O)[C@H]2CCCN(c3cn[nH]c(=O)c3)C2)CC1. The first-order valence-corrected chi connectivity index (χ1v) is 8.98. The van der Waals surface area contributed by atoms with Crippen LogP contribution < -0.4 is 10.5 Å². The molecular weight excluding hydrogens is 306 g/mol. The van der Waals surface area contributed by atoms with Crippen LogP contribution in [0.3, 0.4) is 0 Å². The minimum atomic E-state index is -0.201. The third-order valence-corrected chi connectivity index (χ3v) is 5.01. The Hall–Kier alpha value is -1.89. The van der Waals surface area contributed by atoms with Crippen LogP contribution in [-0.4, -0.2) is 71.7 Å². The van der Waals surface area contributed by atoms with E-state index in [1.807, 2.05) is 4.90 Å². The second-order valence-corrected chi connectivity index (χ2v) is 6.76. The number of hydrogen-bond donors (Lipinski definition) is 1. The molecule has 1 amide bonds. The summed E-state index contributed by atoms with van der Waals surface area (Å²) in [6.45, 7) is 8.50. The van der Waals surface area contributed by atoms with Gasteiger partial charge in [-0.1, -0.05) is 6.92 Å². The lowest BCUT2D eigenvalue weighted by Gasteiger charge is -2.39. The highest BCUT2D eigenvalue weighted by atomic mass is 16.2. The standard InChI is InChI=1S/C17H27N5O2/c1-2-5-20-7-9-21(10-8-20)17(24)14-4-3-6-22(13-14)15-11-16(23)19-18-12-15/h11-12,14H,2-10,13H2,1H3,(H,19,23)/t14-/m0/s1. The molecule has 2 aliphatic heterocycles. The number of H-pyrrole nitrogens is 1. The molecule has 0 aliphatic carbocycles. The van der Waals surface area contributed by atoms with E-state index in [1.165, 1.54) is 0 Å². The van der Waals surface area contributed by atoms with Crippen molar-refractivity contribution in [2.24, 2.45) is 5.92 Å². The van der Waals surface area contributed by atoms with Crippen LogP contribution >= 0.6 is 0 Å². The summed E-state index contributed by atoms with van der Waals surface area (Å²) < 4.78 is 0. The fourth-order valence-electron chi connectivity index (χ4n) is 3.72. The summed E-state index contributed by atoms with van der Waals surface area (Å²) >= 11 is 0. The third-order valence-electron chi connectivity index (χ3n) is 5.01. The van der Waals surface area contributed by atoms with Crippen LogP contribution in [0.5, 0.6) is 0 Å². The van der Waals surface area contributed by atoms with Crippen molar-refractivity contribution in [1.29, 1.82) is 0 Å². The first-order chi connectivity index (χ1) is 11.7. The van der Waals surface area contributed by atoms with E-state index in [0.717, 1.165) is 64.2 Å². The topological polar surface area (TPSA) is 72.5 Å². The Bertz CT molecular complexity index is 609. The van der Waals surface area contributed by atoms with Crippen LogP contribution in [-0.2, 0) is 4.79 Å². The number of nitrogens with one attached hydrogen (secondary N) is 1. The van der Waals surface area contributed by atoms with Crippen molar-refractivity contribution in [2.75, 3.05) is 50.7 Å². The molecule has 0 spiro atoms. The lowest BCUT2D eigenvalue weighted by Crippen LogP contribution is -2.52. The fourth-order valence-corrected chi connectivity index (χ4v) is 3.72. The van der Waals surface area contributed by atoms with Gasteiger partial charge in [-0.25, -0.2) is 5.10 Å². The van der Waals surface area contributed by atoms with E-state index in [1.54, 1.807) is 12.3 Å². The molecule has 1 aromatic heterocycles. The summed E-state index contributed by atoms with van der Waals surface area (Å²) in [4.78, 5) is 30.9. The van der Waals surface area contributed by atoms with Gasteiger partial charge in [-0.2, -0.15) is 5.10 Å². The van der Waals surface area contributed by atoms with E-state index in [0.29, 0.717) is 6.54 Å². The van der Waals surface area contributed by atoms with Gasteiger partial charge in [0.2, 0.25) is 5.91 Å². The second kappa shape index (κ2) is 7.79. The number of aromatic amines is 1. The van der Waals surface area contributed by atoms with Crippen LogP contribution in [0.15, 0.2) is 17.1 Å². The van der Waals surface area contributed by atoms with Crippen molar-refractivity contribution in [3.8, 4) is 0 Å². The highest BCUT2D eigenvalue weighted by Crippen LogP contribution is 2.23. The van der Waals surface area contributed by atoms with Gasteiger partial charge in [0.05, 0.1) is 17.8 Å². The highest BCUT2D eigenvalue weighted by Gasteiger charge is 2.31. The van der Waals surface area contributed by atoms with Gasteiger partial charge < -0.3 is 9.80 Å². The van der Waals surface area contributed by atoms with Gasteiger partial charge in [0, 0.05) is 45.3 Å². The van der Waals surface area contributed by atoms with Gasteiger partial charge in [-0.15, -0.1) is 0 Å². The van der Waals surface area contributed by atoms with Crippen molar-refractivity contribution in [3.05, 3.63) is 22.6 Å². The number of nitrogens with zero attached hydrogens (tertiary/aromatic N) is 4. The van der Waals surface area contributed by atoms with Gasteiger partial charge in [-0.3, -0.25) is 14.5 Å². The van der Waals surface area contributed by atoms with Gasteiger partial charge in [0.1, 0.15) is 0 Å². The number of aromatic nitrogens is 2. The molecule has 0 bridgehead atoms. The van der Waals surface area contributed by atoms with Crippen molar-refractivity contribution >= 4 is 11.6 Å². The van der Waals surface area contributed by atoms with Gasteiger partial charge in [0.15, 0.2) is 0 Å². The van der Waals surface area contributed by atoms with Crippen molar-refractivity contribution < 1.29 is 4.79 Å². The Kier molecular flexibility index (Phi) is 5.50. The lowest BCUT2D eigenvalue weighted by molar-refractivity contribution is -0.137. The zero-order chi connectivity index (χ0) is 16.9. The maximum absolute atomic E-state index is 12.9. The molecule has 2 fully saturated rings. The van der Waals surface area contributed by atoms with Crippen LogP contribution in [0, 0.1) is 5.92 Å². The van der Waals surface area contributed by atoms with Crippen LogP contribution in [0.1, 0.15) is 26.2 Å². The molecule has 132 valence electrons. The predicted octanol–water partition coefficient (Wildman–Crippen LogP) is 0.541. The Labute approximate surface area is 142 Å². The highest BCUT2D eigenvalue weighted by molar-refractivity contribution is 5.80. The first-order valence-electron chi connectivity index (χ1n) is 8.98. The quantitative estimate of drug-likeness (QED) is 0.871. The van der Waals surface area contributed by atoms with Crippen LogP contribution in [0.2, 0.25) is 0 Å². The molecule has 1 N–H and O–H groups in total. The summed E-state index contributed by atoms with van der Waals surface area (Å²) in [7, 11) is 0. The molecule has 0 radical (unpaired) electrons. The van der Waals surface area contributed by atoms with Crippen molar-refractivity contribution in [1.82, 2.24) is 20.0 Å². The molecule has 2 aliphatic rings. The fraction of sp³-hybridized carbons (Fsp3) is 0.706. The molecule has 7 heteroatoms. The molecule has 0 aromatic carbocycles. The van der Waals surface area contributed by atoms with Gasteiger partial charge in [-0.05, 0) is 25.8 Å². The molecule has 2 saturated heterocycles. The van der Waals surface area contributed by atoms with Crippen molar-refractivity contribution in [2.45, 2.75) is 26.2 Å². The number of hydrogen-bond acceptors (Lipinski definition) is 5. The van der Waals surface area contributed by atoms with E-state index in [-0.39, 0.29) is 17.4 Å². The molecule has 1 atom stereocenters. The lowest BCUT2D eigenvalue weighted by atomic mass is 9.96. The Morgan fingerprint density at radius 1 is 1.29 bits per heavy atom. The van der Waals surface area contributed by atoms with E-state index >= 15 is 0 Å². The molecule has 7 nitrogen and oxygen atoms in total. The molecule has 0 saturated carbocycles. The Morgan fingerprint density at radius 3 is 2.79 bits per heavy atom. The monoisotopic (exact) mass is 333 g/mol. The Balaban J connectivity index is 1.58. The van der Waals surface area contributed by atoms with E-state index in [9.17, 15) is 9.59 Å². The molecular formula is C17H27N5O2. The van der Waals surface area contributed by atoms with E-state index in [4.69, 9.17) is 0 Å². The van der Waals surface area contributed by atoms with Crippen molar-refractivity contribution in [3.63, 3.8) is 0 Å². The number of rotatable bonds is 4. The summed E-state index contributed by atoms with van der Waals surface area (Å²) in [6, 6.07) is 1.56. The van der Waals surface area contributed by atoms with E-state index < -0.39 is 0 Å². The van der Waals surface area contributed by atoms with E-state index in [2.05, 4.69) is 26.9 Å². The summed E-state index contributed by atoms with van der Waals surface area (Å²) in [5.41, 5.74) is 0.608. The number of carbonyl (C=O) groups excluding carboxylic acids is 1. The average Bonchev–Trinajstić information content (AvgIpc) is 2.62. The summed E-state index contributed by atoms with van der Waals surface area (Å²) in [6.07, 6.45) is 4.73. The number of piperazine rings is 1. The number of anilines is 1.